The van der Waals surface area contributed by atoms with Crippen LogP contribution < -0.4 is 10.6 Å². The fourth-order valence-corrected chi connectivity index (χ4v) is 2.38. The minimum atomic E-state index is 0.666. The lowest BCUT2D eigenvalue weighted by atomic mass is 10.2. The highest BCUT2D eigenvalue weighted by molar-refractivity contribution is 4.78. The second-order valence-electron chi connectivity index (χ2n) is 5.24. The molecule has 0 aromatic rings. The van der Waals surface area contributed by atoms with Crippen molar-refractivity contribution in [2.24, 2.45) is 0 Å². The zero-order valence-electron chi connectivity index (χ0n) is 11.3. The first-order valence-electron chi connectivity index (χ1n) is 6.41. The van der Waals surface area contributed by atoms with E-state index >= 15 is 0 Å². The van der Waals surface area contributed by atoms with E-state index in [0.29, 0.717) is 12.1 Å². The molecule has 2 aliphatic rings. The molecule has 0 aromatic heterocycles. The zero-order chi connectivity index (χ0) is 12.0. The Hall–Kier alpha value is -0.160. The molecule has 2 N–H and O–H groups in total. The molecule has 0 radical (unpaired) electrons. The lowest BCUT2D eigenvalue weighted by molar-refractivity contribution is 0.208. The summed E-state index contributed by atoms with van der Waals surface area (Å²) in [6.07, 6.45) is 0. The van der Waals surface area contributed by atoms with Gasteiger partial charge in [-0.1, -0.05) is 0 Å². The molecule has 0 aromatic carbocycles. The molecule has 2 aliphatic heterocycles. The molecule has 0 amide bonds. The number of nitrogens with one attached hydrogen (secondary N) is 2. The van der Waals surface area contributed by atoms with Gasteiger partial charge >= 0.3 is 0 Å². The summed E-state index contributed by atoms with van der Waals surface area (Å²) in [6.45, 7) is 11.6. The fourth-order valence-electron chi connectivity index (χ4n) is 2.38. The third-order valence-corrected chi connectivity index (χ3v) is 3.08. The molecule has 4 nitrogen and oxygen atoms in total. The maximum atomic E-state index is 3.47. The van der Waals surface area contributed by atoms with Crippen LogP contribution >= 0.6 is 0 Å². The summed E-state index contributed by atoms with van der Waals surface area (Å²) in [6, 6.07) is 1.33. The molecular formula is C12H28N4. The smallest absolute Gasteiger partial charge is 0.0169 e. The summed E-state index contributed by atoms with van der Waals surface area (Å²) in [4.78, 5) is 4.70. The molecule has 16 heavy (non-hydrogen) atoms. The monoisotopic (exact) mass is 228 g/mol. The zero-order valence-corrected chi connectivity index (χ0v) is 11.3. The predicted octanol–water partition coefficient (Wildman–Crippen LogP) is -0.180. The summed E-state index contributed by atoms with van der Waals surface area (Å²) in [5, 5.41) is 6.74. The van der Waals surface area contributed by atoms with Crippen molar-refractivity contribution in [2.45, 2.75) is 25.9 Å². The average molecular weight is 228 g/mol. The van der Waals surface area contributed by atoms with E-state index in [9.17, 15) is 0 Å². The van der Waals surface area contributed by atoms with E-state index in [2.05, 4.69) is 48.4 Å². The first-order valence-corrected chi connectivity index (χ1v) is 6.41. The van der Waals surface area contributed by atoms with Gasteiger partial charge < -0.3 is 20.4 Å². The van der Waals surface area contributed by atoms with Gasteiger partial charge in [0.15, 0.2) is 0 Å². The average Bonchev–Trinajstić information content (AvgIpc) is 2.17. The highest BCUT2D eigenvalue weighted by Crippen LogP contribution is 1.99. The van der Waals surface area contributed by atoms with E-state index in [4.69, 9.17) is 0 Å². The summed E-state index contributed by atoms with van der Waals surface area (Å²) in [5.41, 5.74) is 0. The predicted molar refractivity (Wildman–Crippen MR) is 69.9 cm³/mol. The van der Waals surface area contributed by atoms with E-state index in [1.54, 1.807) is 0 Å². The van der Waals surface area contributed by atoms with Gasteiger partial charge in [0.05, 0.1) is 0 Å². The number of piperazine rings is 2. The normalized spacial score (nSPS) is 33.0. The van der Waals surface area contributed by atoms with Gasteiger partial charge in [-0.25, -0.2) is 0 Å². The number of likely N-dealkylation sites (N-methyl/N-ethyl adjacent to an activating group) is 2. The molecule has 2 saturated heterocycles. The van der Waals surface area contributed by atoms with E-state index in [0.717, 1.165) is 13.1 Å². The summed E-state index contributed by atoms with van der Waals surface area (Å²) < 4.78 is 0. The first-order chi connectivity index (χ1) is 7.58. The Morgan fingerprint density at radius 1 is 0.875 bits per heavy atom. The van der Waals surface area contributed by atoms with Gasteiger partial charge in [0.25, 0.3) is 0 Å². The minimum Gasteiger partial charge on any atom is -0.314 e. The van der Waals surface area contributed by atoms with Crippen molar-refractivity contribution >= 4 is 0 Å². The Morgan fingerprint density at radius 2 is 1.38 bits per heavy atom. The highest BCUT2D eigenvalue weighted by atomic mass is 15.2. The topological polar surface area (TPSA) is 30.5 Å². The van der Waals surface area contributed by atoms with Gasteiger partial charge in [-0.2, -0.15) is 0 Å². The van der Waals surface area contributed by atoms with Crippen molar-refractivity contribution in [1.82, 2.24) is 20.4 Å². The molecule has 0 bridgehead atoms. The molecule has 0 saturated carbocycles. The minimum absolute atomic E-state index is 0.666. The Balaban J connectivity index is 0.000000165. The van der Waals surface area contributed by atoms with Crippen molar-refractivity contribution in [1.29, 1.82) is 0 Å². The summed E-state index contributed by atoms with van der Waals surface area (Å²) >= 11 is 0. The van der Waals surface area contributed by atoms with Gasteiger partial charge in [0.1, 0.15) is 0 Å². The van der Waals surface area contributed by atoms with Crippen molar-refractivity contribution in [2.75, 3.05) is 53.4 Å². The van der Waals surface area contributed by atoms with Crippen LogP contribution in [-0.2, 0) is 0 Å². The molecule has 2 heterocycles. The summed E-state index contributed by atoms with van der Waals surface area (Å²) in [7, 11) is 4.33. The van der Waals surface area contributed by atoms with Crippen molar-refractivity contribution in [3.05, 3.63) is 0 Å². The molecule has 0 spiro atoms. The van der Waals surface area contributed by atoms with Gasteiger partial charge in [-0.15, -0.1) is 0 Å². The third-order valence-electron chi connectivity index (χ3n) is 3.08. The van der Waals surface area contributed by atoms with Gasteiger partial charge in [-0.05, 0) is 27.9 Å². The Morgan fingerprint density at radius 3 is 1.69 bits per heavy atom. The Kier molecular flexibility index (Phi) is 6.28. The Bertz CT molecular complexity index is 155. The standard InChI is InChI=1S/C7H16N2.C5H12N2/c1-6-4-9(3)5-7(2)8-6;1-7-4-2-6-3-5-7/h6-8H,4-5H2,1-3H3;6H,2-5H2,1H3. The van der Waals surface area contributed by atoms with Gasteiger partial charge in [-0.3, -0.25) is 0 Å². The molecule has 0 aliphatic carbocycles. The van der Waals surface area contributed by atoms with E-state index in [-0.39, 0.29) is 0 Å². The molecule has 96 valence electrons. The van der Waals surface area contributed by atoms with Crippen molar-refractivity contribution in [3.63, 3.8) is 0 Å². The van der Waals surface area contributed by atoms with Crippen molar-refractivity contribution in [3.8, 4) is 0 Å². The second kappa shape index (κ2) is 7.22. The quantitative estimate of drug-likeness (QED) is 0.602. The second-order valence-corrected chi connectivity index (χ2v) is 5.24. The van der Waals surface area contributed by atoms with Crippen LogP contribution in [0.1, 0.15) is 13.8 Å². The maximum absolute atomic E-state index is 3.47. The summed E-state index contributed by atoms with van der Waals surface area (Å²) in [5.74, 6) is 0. The lowest BCUT2D eigenvalue weighted by Gasteiger charge is -2.33. The van der Waals surface area contributed by atoms with E-state index in [1.807, 2.05) is 0 Å². The van der Waals surface area contributed by atoms with E-state index < -0.39 is 0 Å². The van der Waals surface area contributed by atoms with Crippen LogP contribution in [0.5, 0.6) is 0 Å². The van der Waals surface area contributed by atoms with Crippen LogP contribution in [0, 0.1) is 0 Å². The van der Waals surface area contributed by atoms with Crippen LogP contribution in [0.25, 0.3) is 0 Å². The van der Waals surface area contributed by atoms with Crippen LogP contribution in [0.2, 0.25) is 0 Å². The molecule has 2 rings (SSSR count). The van der Waals surface area contributed by atoms with Crippen LogP contribution in [0.4, 0.5) is 0 Å². The Labute approximate surface area is 100 Å². The molecular weight excluding hydrogens is 200 g/mol. The fraction of sp³-hybridized carbons (Fsp3) is 1.00. The van der Waals surface area contributed by atoms with E-state index in [1.165, 1.54) is 26.2 Å². The van der Waals surface area contributed by atoms with Crippen molar-refractivity contribution < 1.29 is 0 Å². The number of hydrogen-bond acceptors (Lipinski definition) is 4. The highest BCUT2D eigenvalue weighted by Gasteiger charge is 2.16. The number of rotatable bonds is 0. The lowest BCUT2D eigenvalue weighted by Crippen LogP contribution is -2.52. The largest absolute Gasteiger partial charge is 0.314 e. The van der Waals surface area contributed by atoms with Crippen LogP contribution in [-0.4, -0.2) is 75.2 Å². The van der Waals surface area contributed by atoms with Crippen LogP contribution in [0.15, 0.2) is 0 Å². The van der Waals surface area contributed by atoms with Gasteiger partial charge in [0.2, 0.25) is 0 Å². The van der Waals surface area contributed by atoms with Crippen LogP contribution in [0.3, 0.4) is 0 Å². The first kappa shape index (κ1) is 13.9. The molecule has 2 unspecified atom stereocenters. The molecule has 2 atom stereocenters. The van der Waals surface area contributed by atoms with Gasteiger partial charge in [0, 0.05) is 51.4 Å². The third kappa shape index (κ3) is 5.80. The number of hydrogen-bond donors (Lipinski definition) is 2. The number of nitrogens with zero attached hydrogens (tertiary/aromatic N) is 2. The molecule has 4 heteroatoms. The molecule has 2 fully saturated rings. The SMILES string of the molecule is CC1CN(C)CC(C)N1.CN1CCNCC1. The maximum Gasteiger partial charge on any atom is 0.0169 e.